The summed E-state index contributed by atoms with van der Waals surface area (Å²) in [4.78, 5) is 164. The van der Waals surface area contributed by atoms with E-state index in [2.05, 4.69) is 38.0 Å². The molecule has 0 aromatic heterocycles. The number of urea groups is 1. The van der Waals surface area contributed by atoms with Crippen LogP contribution in [0.1, 0.15) is 105 Å². The summed E-state index contributed by atoms with van der Waals surface area (Å²) >= 11 is 1.86. The second-order valence-electron chi connectivity index (χ2n) is 22.6. The molecule has 4 heterocycles. The van der Waals surface area contributed by atoms with E-state index < -0.39 is 108 Å². The van der Waals surface area contributed by atoms with E-state index in [-0.39, 0.29) is 74.3 Å². The Labute approximate surface area is 550 Å². The van der Waals surface area contributed by atoms with Gasteiger partial charge in [0.2, 0.25) is 24.2 Å². The Balaban J connectivity index is 0.00000615. The van der Waals surface area contributed by atoms with Crippen molar-refractivity contribution in [3.63, 3.8) is 0 Å². The molecule has 0 bridgehead atoms. The molecule has 0 spiro atoms. The molecule has 1 aromatic rings. The summed E-state index contributed by atoms with van der Waals surface area (Å²) in [6.45, 7) is 12.3. The summed E-state index contributed by atoms with van der Waals surface area (Å²) in [6.07, 6.45) is -3.63. The number of ether oxygens (including phenoxy) is 9. The Hall–Kier alpha value is -7.75. The highest BCUT2D eigenvalue weighted by Crippen LogP contribution is 2.36. The van der Waals surface area contributed by atoms with Crippen molar-refractivity contribution in [1.29, 1.82) is 0 Å². The molecule has 4 fully saturated rings. The number of nitro groups is 1. The van der Waals surface area contributed by atoms with Crippen LogP contribution >= 0.6 is 11.8 Å². The van der Waals surface area contributed by atoms with E-state index in [4.69, 9.17) is 52.2 Å². The van der Waals surface area contributed by atoms with E-state index in [0.29, 0.717) is 89.8 Å². The number of nitro benzene ring substituents is 1. The minimum Gasteiger partial charge on any atom is -0.466 e. The van der Waals surface area contributed by atoms with Crippen molar-refractivity contribution in [1.82, 2.24) is 45.8 Å². The molecule has 94 heavy (non-hydrogen) atoms. The molecule has 0 saturated carbocycles. The van der Waals surface area contributed by atoms with Crippen molar-refractivity contribution in [2.45, 2.75) is 160 Å². The minimum absolute atomic E-state index is 0.0559. The molecule has 4 saturated heterocycles. The number of hydrogen-bond donors (Lipinski definition) is 4. The van der Waals surface area contributed by atoms with Crippen LogP contribution in [0, 0.1) is 10.1 Å². The van der Waals surface area contributed by atoms with Crippen molar-refractivity contribution >= 4 is 83.4 Å². The third-order valence-corrected chi connectivity index (χ3v) is 17.0. The molecule has 5 rings (SSSR count). The number of benzene rings is 1. The number of hydrogen-bond acceptors (Lipinski definition) is 28. The lowest BCUT2D eigenvalue weighted by Gasteiger charge is -2.43. The van der Waals surface area contributed by atoms with E-state index in [0.717, 1.165) is 71.7 Å². The van der Waals surface area contributed by atoms with Gasteiger partial charge in [0.25, 0.3) is 0 Å². The predicted octanol–water partition coefficient (Wildman–Crippen LogP) is 1.25. The van der Waals surface area contributed by atoms with Crippen molar-refractivity contribution in [2.75, 3.05) is 118 Å². The third kappa shape index (κ3) is 27.7. The van der Waals surface area contributed by atoms with Crippen LogP contribution in [-0.2, 0) is 92.4 Å². The zero-order valence-corrected chi connectivity index (χ0v) is 55.6. The van der Waals surface area contributed by atoms with Crippen LogP contribution in [0.15, 0.2) is 18.2 Å². The summed E-state index contributed by atoms with van der Waals surface area (Å²) in [7, 11) is 3.05. The highest BCUT2D eigenvalue weighted by molar-refractivity contribution is 8.00. The second-order valence-corrected chi connectivity index (χ2v) is 23.9. The fourth-order valence-electron chi connectivity index (χ4n) is 11.0. The molecule has 5 amide bonds. The van der Waals surface area contributed by atoms with Gasteiger partial charge in [-0.3, -0.25) is 58.4 Å². The number of unbranched alkanes of at least 4 members (excludes halogenated alkanes) is 3. The number of thioether (sulfide) groups is 1. The quantitative estimate of drug-likeness (QED) is 0.0197. The highest BCUT2D eigenvalue weighted by Gasteiger charge is 2.54. The summed E-state index contributed by atoms with van der Waals surface area (Å²) < 4.78 is 49.2. The van der Waals surface area contributed by atoms with Gasteiger partial charge >= 0.3 is 59.8 Å². The molecule has 0 aliphatic carbocycles. The van der Waals surface area contributed by atoms with Crippen molar-refractivity contribution in [2.24, 2.45) is 0 Å². The lowest BCUT2D eigenvalue weighted by Crippen LogP contribution is -2.63. The number of carbonyl (C=O) groups is 10. The Morgan fingerprint density at radius 1 is 0.787 bits per heavy atom. The number of esters is 6. The van der Waals surface area contributed by atoms with Crippen LogP contribution < -0.4 is 26.0 Å². The summed E-state index contributed by atoms with van der Waals surface area (Å²) in [5.41, 5.74) is -0.458. The van der Waals surface area contributed by atoms with Gasteiger partial charge in [0, 0.05) is 137 Å². The maximum absolute atomic E-state index is 13.5. The van der Waals surface area contributed by atoms with Crippen molar-refractivity contribution in [3.05, 3.63) is 33.9 Å². The van der Waals surface area contributed by atoms with E-state index in [9.17, 15) is 58.1 Å². The van der Waals surface area contributed by atoms with Gasteiger partial charge in [-0.15, -0.1) is 0 Å². The largest absolute Gasteiger partial charge is 0.466 e. The van der Waals surface area contributed by atoms with Crippen LogP contribution in [0.25, 0.3) is 0 Å². The van der Waals surface area contributed by atoms with Gasteiger partial charge in [0.1, 0.15) is 19.3 Å². The molecule has 1 aromatic carbocycles. The average Bonchev–Trinajstić information content (AvgIpc) is 0.922. The molecule has 4 N–H and O–H groups in total. The molecule has 526 valence electrons. The summed E-state index contributed by atoms with van der Waals surface area (Å²) in [6, 6.07) is 3.85. The fraction of sp³-hybridized carbons (Fsp3) is 0.717. The highest BCUT2D eigenvalue weighted by atomic mass is 32.2. The zero-order valence-electron chi connectivity index (χ0n) is 54.8. The Morgan fingerprint density at radius 2 is 1.41 bits per heavy atom. The second kappa shape index (κ2) is 41.8. The van der Waals surface area contributed by atoms with Crippen LogP contribution in [0.2, 0.25) is 0 Å². The monoisotopic (exact) mass is 1350 g/mol. The van der Waals surface area contributed by atoms with Crippen LogP contribution in [-0.4, -0.2) is 268 Å². The Kier molecular flexibility index (Phi) is 35.0. The lowest BCUT2D eigenvalue weighted by atomic mass is 9.98. The average molecular weight is 1350 g/mol. The fourth-order valence-corrected chi connectivity index (χ4v) is 12.5. The first-order valence-electron chi connectivity index (χ1n) is 31.4. The third-order valence-electron chi connectivity index (χ3n) is 15.5. The number of nitrogens with one attached hydrogen (secondary N) is 4. The first-order chi connectivity index (χ1) is 44.9. The molecular formula is C60H92N10O23S. The van der Waals surface area contributed by atoms with E-state index >= 15 is 0 Å². The summed E-state index contributed by atoms with van der Waals surface area (Å²) in [5.74, 6) is -4.26. The molecular weight excluding hydrogens is 1260 g/mol. The van der Waals surface area contributed by atoms with Crippen molar-refractivity contribution < 1.29 is 105 Å². The van der Waals surface area contributed by atoms with E-state index in [1.54, 1.807) is 18.9 Å². The van der Waals surface area contributed by atoms with Crippen LogP contribution in [0.3, 0.4) is 0 Å². The van der Waals surface area contributed by atoms with Gasteiger partial charge in [0.15, 0.2) is 24.1 Å². The minimum atomic E-state index is -1.76. The smallest absolute Gasteiger partial charge is 0.407 e. The topological polar surface area (TPSA) is 395 Å². The van der Waals surface area contributed by atoms with E-state index in [1.165, 1.54) is 19.2 Å². The molecule has 9 unspecified atom stereocenters. The number of amides is 5. The van der Waals surface area contributed by atoms with Gasteiger partial charge in [-0.25, -0.2) is 14.4 Å². The first kappa shape index (κ1) is 78.7. The van der Waals surface area contributed by atoms with Gasteiger partial charge in [-0.05, 0) is 57.2 Å². The molecule has 4 aliphatic heterocycles. The Morgan fingerprint density at radius 3 is 2.05 bits per heavy atom. The standard InChI is InChI=1S/C59H92N10O21S.CO2/c1-9-22-65-25-26-66(24-21-60-59(79)85-35-42-19-20-45(44(33-42)69(80)81)89-57-54(88-41(6)73)53(87-40(5)72)52(86-39(4)71)46(90-57)36-84-38(3)70)27-28-67(34-50(76)83-10-2)30-32-68(31-29-65)55(56(77)82-8)62-48(74)17-12-11-15-23-64(7)49(75)18-14-13-16-47-51-43(37-91-47)61-58(78)63-51;2-1-3/h19-20,33,43,46-47,51-55,57H,9-18,21-32,34-37H2,1-8H3,(H,60,79)(H,62,74)(H2,61,63,78);. The number of methoxy groups -OCH3 is 1. The summed E-state index contributed by atoms with van der Waals surface area (Å²) in [5, 5.41) is 24.4. The van der Waals surface area contributed by atoms with Crippen molar-refractivity contribution in [3.8, 4) is 5.75 Å². The normalized spacial score (nSPS) is 22.1. The van der Waals surface area contributed by atoms with Gasteiger partial charge in [-0.1, -0.05) is 25.8 Å². The zero-order chi connectivity index (χ0) is 69.3. The predicted molar refractivity (Wildman–Crippen MR) is 331 cm³/mol. The number of carbonyl (C=O) groups excluding carboxylic acids is 12. The van der Waals surface area contributed by atoms with Gasteiger partial charge < -0.3 is 73.7 Å². The molecule has 34 heteroatoms. The molecule has 0 radical (unpaired) electrons. The maximum Gasteiger partial charge on any atom is 0.407 e. The lowest BCUT2D eigenvalue weighted by molar-refractivity contribution is -0.387. The van der Waals surface area contributed by atoms with Crippen LogP contribution in [0.5, 0.6) is 5.75 Å². The number of fused-ring (bicyclic) bond motifs is 1. The molecule has 33 nitrogen and oxygen atoms in total. The first-order valence-corrected chi connectivity index (χ1v) is 32.5. The number of nitrogens with zero attached hydrogens (tertiary/aromatic N) is 6. The number of alkyl carbamates (subject to hydrolysis) is 1. The SMILES string of the molecule is CCCN1CCN(CCNC(=O)OCc2ccc(OC3OC(COC(C)=O)C(OC(C)=O)C(OC(C)=O)C3OC(C)=O)c([N+](=O)[O-])c2)CCN(CC(=O)OCC)CCN(C(NC(=O)CCCCCN(C)C(=O)CCCCC2SCC3NC(=O)NC32)C(=O)OC)CC1.O=C=O. The number of rotatable bonds is 32. The van der Waals surface area contributed by atoms with E-state index in [1.807, 2.05) is 21.6 Å². The van der Waals surface area contributed by atoms with Gasteiger partial charge in [-0.2, -0.15) is 21.4 Å². The van der Waals surface area contributed by atoms with Crippen LogP contribution in [0.4, 0.5) is 15.3 Å². The molecule has 9 atom stereocenters. The Bertz CT molecular complexity index is 2730. The van der Waals surface area contributed by atoms with Gasteiger partial charge in [0.05, 0.1) is 37.3 Å². The maximum atomic E-state index is 13.5. The molecule has 4 aliphatic rings.